The molecule has 0 bridgehead atoms. The number of rotatable bonds is 4. The van der Waals surface area contributed by atoms with Crippen molar-refractivity contribution in [1.82, 2.24) is 9.97 Å². The van der Waals surface area contributed by atoms with Crippen LogP contribution in [-0.2, 0) is 0 Å². The van der Waals surface area contributed by atoms with Crippen molar-refractivity contribution < 1.29 is 14.6 Å². The second-order valence-corrected chi connectivity index (χ2v) is 4.39. The number of hydrogen-bond acceptors (Lipinski definition) is 5. The summed E-state index contributed by atoms with van der Waals surface area (Å²) in [6, 6.07) is 4.78. The summed E-state index contributed by atoms with van der Waals surface area (Å²) in [5.74, 6) is -0.0882. The zero-order valence-corrected chi connectivity index (χ0v) is 11.0. The summed E-state index contributed by atoms with van der Waals surface area (Å²) in [5, 5.41) is 12.1. The number of nitrogens with zero attached hydrogens (tertiary/aromatic N) is 2. The summed E-state index contributed by atoms with van der Waals surface area (Å²) in [4.78, 5) is 19.6. The molecule has 100 valence electrons. The van der Waals surface area contributed by atoms with Gasteiger partial charge in [0.2, 0.25) is 0 Å². The fraction of sp³-hybridized carbons (Fsp3) is 0.308. The first-order valence-electron chi connectivity index (χ1n) is 5.87. The van der Waals surface area contributed by atoms with E-state index in [1.807, 2.05) is 13.8 Å². The van der Waals surface area contributed by atoms with Gasteiger partial charge in [0, 0.05) is 6.04 Å². The predicted octanol–water partition coefficient (Wildman–Crippen LogP) is 2.16. The highest BCUT2D eigenvalue weighted by Crippen LogP contribution is 2.24. The van der Waals surface area contributed by atoms with Crippen molar-refractivity contribution in [3.63, 3.8) is 0 Å². The van der Waals surface area contributed by atoms with Crippen molar-refractivity contribution in [2.24, 2.45) is 0 Å². The number of aromatic nitrogens is 2. The van der Waals surface area contributed by atoms with Crippen LogP contribution in [0.5, 0.6) is 5.88 Å². The molecule has 2 aromatic rings. The largest absolute Gasteiger partial charge is 0.478 e. The first-order chi connectivity index (χ1) is 9.01. The quantitative estimate of drug-likeness (QED) is 0.877. The van der Waals surface area contributed by atoms with Crippen molar-refractivity contribution in [1.29, 1.82) is 0 Å². The van der Waals surface area contributed by atoms with Crippen LogP contribution in [0.2, 0.25) is 0 Å². The zero-order valence-electron chi connectivity index (χ0n) is 11.0. The third-order valence-corrected chi connectivity index (χ3v) is 2.50. The molecule has 0 atom stereocenters. The minimum Gasteiger partial charge on any atom is -0.478 e. The summed E-state index contributed by atoms with van der Waals surface area (Å²) in [5.41, 5.74) is 1.29. The van der Waals surface area contributed by atoms with Gasteiger partial charge in [-0.05, 0) is 32.0 Å². The molecular formula is C13H15N3O3. The van der Waals surface area contributed by atoms with E-state index in [-0.39, 0.29) is 11.6 Å². The fourth-order valence-corrected chi connectivity index (χ4v) is 1.68. The lowest BCUT2D eigenvalue weighted by Crippen LogP contribution is -2.13. The molecule has 0 aliphatic carbocycles. The Morgan fingerprint density at radius 3 is 2.63 bits per heavy atom. The molecule has 1 heterocycles. The minimum absolute atomic E-state index is 0.170. The number of hydrogen-bond donors (Lipinski definition) is 2. The van der Waals surface area contributed by atoms with Gasteiger partial charge in [0.05, 0.1) is 23.7 Å². The molecule has 0 amide bonds. The van der Waals surface area contributed by atoms with Gasteiger partial charge < -0.3 is 15.2 Å². The van der Waals surface area contributed by atoms with E-state index < -0.39 is 5.97 Å². The van der Waals surface area contributed by atoms with Crippen LogP contribution in [0.3, 0.4) is 0 Å². The van der Waals surface area contributed by atoms with E-state index in [0.717, 1.165) is 0 Å². The highest BCUT2D eigenvalue weighted by atomic mass is 16.5. The van der Waals surface area contributed by atoms with E-state index in [1.54, 1.807) is 6.07 Å². The predicted molar refractivity (Wildman–Crippen MR) is 71.8 cm³/mol. The van der Waals surface area contributed by atoms with Gasteiger partial charge in [-0.3, -0.25) is 0 Å². The first kappa shape index (κ1) is 13.1. The van der Waals surface area contributed by atoms with Crippen molar-refractivity contribution in [2.75, 3.05) is 12.4 Å². The summed E-state index contributed by atoms with van der Waals surface area (Å²) >= 11 is 0. The summed E-state index contributed by atoms with van der Waals surface area (Å²) in [6.45, 7) is 3.94. The van der Waals surface area contributed by atoms with Crippen LogP contribution in [0.15, 0.2) is 18.2 Å². The Bertz CT molecular complexity index is 626. The normalized spacial score (nSPS) is 10.7. The monoisotopic (exact) mass is 261 g/mol. The Balaban J connectivity index is 2.58. The molecule has 0 aliphatic rings. The number of nitrogens with one attached hydrogen (secondary N) is 1. The molecule has 0 aliphatic heterocycles. The van der Waals surface area contributed by atoms with E-state index in [4.69, 9.17) is 9.84 Å². The molecule has 2 N–H and O–H groups in total. The molecule has 2 rings (SSSR count). The van der Waals surface area contributed by atoms with Crippen LogP contribution in [-0.4, -0.2) is 34.2 Å². The number of carboxylic acid groups (broad SMARTS) is 1. The molecular weight excluding hydrogens is 246 g/mol. The van der Waals surface area contributed by atoms with Crippen LogP contribution in [0, 0.1) is 0 Å². The summed E-state index contributed by atoms with van der Waals surface area (Å²) in [7, 11) is 1.52. The lowest BCUT2D eigenvalue weighted by Gasteiger charge is -2.13. The van der Waals surface area contributed by atoms with E-state index >= 15 is 0 Å². The number of ether oxygens (including phenoxy) is 1. The average Bonchev–Trinajstić information content (AvgIpc) is 2.36. The number of methoxy groups -OCH3 is 1. The third kappa shape index (κ3) is 2.73. The number of benzene rings is 1. The van der Waals surface area contributed by atoms with Gasteiger partial charge in [-0.2, -0.15) is 0 Å². The Morgan fingerprint density at radius 2 is 2.05 bits per heavy atom. The highest BCUT2D eigenvalue weighted by molar-refractivity contribution is 5.92. The fourth-order valence-electron chi connectivity index (χ4n) is 1.68. The molecule has 0 unspecified atom stereocenters. The minimum atomic E-state index is -0.988. The lowest BCUT2D eigenvalue weighted by molar-refractivity contribution is 0.0697. The molecule has 19 heavy (non-hydrogen) atoms. The summed E-state index contributed by atoms with van der Waals surface area (Å²) < 4.78 is 5.18. The molecule has 0 fully saturated rings. The van der Waals surface area contributed by atoms with Gasteiger partial charge in [-0.15, -0.1) is 0 Å². The maximum absolute atomic E-state index is 10.9. The lowest BCUT2D eigenvalue weighted by atomic mass is 10.2. The van der Waals surface area contributed by atoms with Gasteiger partial charge in [0.25, 0.3) is 5.88 Å². The Hall–Kier alpha value is -2.37. The SMILES string of the molecule is COc1nc2ccc(C(=O)O)cc2nc1NC(C)C. The van der Waals surface area contributed by atoms with Gasteiger partial charge >= 0.3 is 5.97 Å². The van der Waals surface area contributed by atoms with E-state index in [2.05, 4.69) is 15.3 Å². The van der Waals surface area contributed by atoms with Crippen LogP contribution in [0.4, 0.5) is 5.82 Å². The van der Waals surface area contributed by atoms with Gasteiger partial charge in [0.15, 0.2) is 5.82 Å². The number of anilines is 1. The highest BCUT2D eigenvalue weighted by Gasteiger charge is 2.12. The van der Waals surface area contributed by atoms with Crippen LogP contribution in [0.1, 0.15) is 24.2 Å². The second kappa shape index (κ2) is 5.09. The topological polar surface area (TPSA) is 84.3 Å². The summed E-state index contributed by atoms with van der Waals surface area (Å²) in [6.07, 6.45) is 0. The number of carbonyl (C=O) groups is 1. The zero-order chi connectivity index (χ0) is 14.0. The van der Waals surface area contributed by atoms with Crippen LogP contribution < -0.4 is 10.1 Å². The smallest absolute Gasteiger partial charge is 0.335 e. The van der Waals surface area contributed by atoms with Crippen molar-refractivity contribution in [2.45, 2.75) is 19.9 Å². The molecule has 6 nitrogen and oxygen atoms in total. The molecule has 1 aromatic heterocycles. The van der Waals surface area contributed by atoms with Crippen LogP contribution in [0.25, 0.3) is 11.0 Å². The molecule has 0 spiro atoms. The molecule has 0 saturated heterocycles. The van der Waals surface area contributed by atoms with Crippen LogP contribution >= 0.6 is 0 Å². The first-order valence-corrected chi connectivity index (χ1v) is 5.87. The van der Waals surface area contributed by atoms with Crippen molar-refractivity contribution in [3.05, 3.63) is 23.8 Å². The van der Waals surface area contributed by atoms with E-state index in [1.165, 1.54) is 19.2 Å². The Morgan fingerprint density at radius 1 is 1.32 bits per heavy atom. The van der Waals surface area contributed by atoms with E-state index in [0.29, 0.717) is 22.7 Å². The maximum Gasteiger partial charge on any atom is 0.335 e. The van der Waals surface area contributed by atoms with Gasteiger partial charge in [-0.25, -0.2) is 14.8 Å². The standard InChI is InChI=1S/C13H15N3O3/c1-7(2)14-11-12(19-3)16-9-5-4-8(13(17)18)6-10(9)15-11/h4-7H,1-3H3,(H,14,15)(H,17,18). The Labute approximate surface area is 110 Å². The average molecular weight is 261 g/mol. The second-order valence-electron chi connectivity index (χ2n) is 4.39. The molecule has 6 heteroatoms. The molecule has 0 saturated carbocycles. The third-order valence-electron chi connectivity index (χ3n) is 2.50. The van der Waals surface area contributed by atoms with Gasteiger partial charge in [-0.1, -0.05) is 0 Å². The molecule has 1 aromatic carbocycles. The van der Waals surface area contributed by atoms with Crippen molar-refractivity contribution in [3.8, 4) is 5.88 Å². The van der Waals surface area contributed by atoms with Crippen molar-refractivity contribution >= 4 is 22.8 Å². The van der Waals surface area contributed by atoms with E-state index in [9.17, 15) is 4.79 Å². The number of fused-ring (bicyclic) bond motifs is 1. The molecule has 0 radical (unpaired) electrons. The number of aromatic carboxylic acids is 1. The maximum atomic E-state index is 10.9. The number of carboxylic acids is 1. The van der Waals surface area contributed by atoms with Gasteiger partial charge in [0.1, 0.15) is 0 Å². The Kier molecular flexibility index (Phi) is 3.50.